The molecule has 0 unspecified atom stereocenters. The Labute approximate surface area is 104 Å². The highest BCUT2D eigenvalue weighted by Gasteiger charge is 2.17. The molecule has 0 spiro atoms. The molecule has 88 valence electrons. The molecule has 1 aliphatic heterocycles. The van der Waals surface area contributed by atoms with Gasteiger partial charge in [-0.05, 0) is 11.5 Å². The molecule has 18 heavy (non-hydrogen) atoms. The summed E-state index contributed by atoms with van der Waals surface area (Å²) in [4.78, 5) is 19.9. The predicted octanol–water partition coefficient (Wildman–Crippen LogP) is 2.52. The Morgan fingerprint density at radius 1 is 1.06 bits per heavy atom. The van der Waals surface area contributed by atoms with Crippen molar-refractivity contribution in [3.05, 3.63) is 48.3 Å². The highest BCUT2D eigenvalue weighted by molar-refractivity contribution is 5.96. The molecule has 4 heteroatoms. The van der Waals surface area contributed by atoms with Crippen LogP contribution in [-0.4, -0.2) is 23.0 Å². The number of fused-ring (bicyclic) bond motifs is 3. The fourth-order valence-corrected chi connectivity index (χ4v) is 1.95. The lowest BCUT2D eigenvalue weighted by atomic mass is 10.1. The number of imidazole rings is 1. The molecule has 1 heterocycles. The zero-order valence-corrected chi connectivity index (χ0v) is 9.75. The van der Waals surface area contributed by atoms with Crippen LogP contribution in [0.15, 0.2) is 42.5 Å². The van der Waals surface area contributed by atoms with Gasteiger partial charge < -0.3 is 4.74 Å². The number of carbonyl (C=O) groups is 1. The first-order chi connectivity index (χ1) is 8.79. The van der Waals surface area contributed by atoms with E-state index in [0.717, 1.165) is 16.5 Å². The molecule has 0 radical (unpaired) electrons. The second kappa shape index (κ2) is 4.07. The quantitative estimate of drug-likeness (QED) is 0.611. The van der Waals surface area contributed by atoms with Gasteiger partial charge in [-0.15, -0.1) is 0 Å². The largest absolute Gasteiger partial charge is 0.463 e. The topological polar surface area (TPSA) is 52.1 Å². The summed E-state index contributed by atoms with van der Waals surface area (Å²) in [5, 5.41) is 2.03. The summed E-state index contributed by atoms with van der Waals surface area (Å²) in [6.45, 7) is 0. The fourth-order valence-electron chi connectivity index (χ4n) is 1.95. The number of carbonyl (C=O) groups excluding carboxylic acids is 1. The summed E-state index contributed by atoms with van der Waals surface area (Å²) < 4.78 is 4.64. The van der Waals surface area contributed by atoms with Crippen molar-refractivity contribution in [1.29, 1.82) is 0 Å². The van der Waals surface area contributed by atoms with Gasteiger partial charge in [0.15, 0.2) is 0 Å². The Hall–Kier alpha value is -2.49. The molecule has 0 aromatic heterocycles. The van der Waals surface area contributed by atoms with Crippen molar-refractivity contribution in [2.45, 2.75) is 0 Å². The van der Waals surface area contributed by atoms with Crippen LogP contribution in [0.25, 0.3) is 22.2 Å². The van der Waals surface area contributed by atoms with Gasteiger partial charge in [0.25, 0.3) is 0 Å². The van der Waals surface area contributed by atoms with E-state index in [4.69, 9.17) is 0 Å². The van der Waals surface area contributed by atoms with Crippen LogP contribution in [0.4, 0.5) is 0 Å². The van der Waals surface area contributed by atoms with Gasteiger partial charge in [-0.3, -0.25) is 0 Å². The van der Waals surface area contributed by atoms with Gasteiger partial charge in [-0.25, -0.2) is 14.8 Å². The molecule has 0 amide bonds. The Bertz CT molecular complexity index is 709. The molecular weight excluding hydrogens is 228 g/mol. The summed E-state index contributed by atoms with van der Waals surface area (Å²) >= 11 is 0. The molecule has 0 saturated heterocycles. The molecule has 0 bridgehead atoms. The lowest BCUT2D eigenvalue weighted by Gasteiger charge is -1.94. The standard InChI is InChI=1S/C14H10N2O2/c1-18-14(17)13-15-11-8-4-6-9-5-2-3-7-10(9)12(11)16-13/h2-8H,1H3. The zero-order valence-electron chi connectivity index (χ0n) is 9.75. The molecule has 0 N–H and O–H groups in total. The van der Waals surface area contributed by atoms with E-state index < -0.39 is 5.97 Å². The molecule has 0 fully saturated rings. The summed E-state index contributed by atoms with van der Waals surface area (Å²) in [6.07, 6.45) is 0. The predicted molar refractivity (Wildman–Crippen MR) is 67.5 cm³/mol. The smallest absolute Gasteiger partial charge is 0.376 e. The van der Waals surface area contributed by atoms with Crippen molar-refractivity contribution < 1.29 is 9.53 Å². The van der Waals surface area contributed by atoms with Crippen molar-refractivity contribution >= 4 is 16.7 Å². The van der Waals surface area contributed by atoms with Crippen LogP contribution in [-0.2, 0) is 4.74 Å². The lowest BCUT2D eigenvalue weighted by Crippen LogP contribution is -2.02. The zero-order chi connectivity index (χ0) is 12.5. The number of hydrogen-bond donors (Lipinski definition) is 0. The molecule has 0 atom stereocenters. The molecule has 3 rings (SSSR count). The summed E-state index contributed by atoms with van der Waals surface area (Å²) in [7, 11) is 1.32. The highest BCUT2D eigenvalue weighted by Crippen LogP contribution is 2.26. The maximum atomic E-state index is 11.5. The third-order valence-corrected chi connectivity index (χ3v) is 2.80. The number of esters is 1. The summed E-state index contributed by atoms with van der Waals surface area (Å²) in [5.41, 5.74) is 1.41. The van der Waals surface area contributed by atoms with Gasteiger partial charge in [0.05, 0.1) is 18.5 Å². The number of methoxy groups -OCH3 is 1. The van der Waals surface area contributed by atoms with E-state index in [1.807, 2.05) is 42.5 Å². The van der Waals surface area contributed by atoms with E-state index in [1.54, 1.807) is 0 Å². The van der Waals surface area contributed by atoms with E-state index in [1.165, 1.54) is 7.11 Å². The Morgan fingerprint density at radius 2 is 1.83 bits per heavy atom. The number of hydrogen-bond acceptors (Lipinski definition) is 4. The van der Waals surface area contributed by atoms with E-state index >= 15 is 0 Å². The van der Waals surface area contributed by atoms with Crippen LogP contribution < -0.4 is 0 Å². The van der Waals surface area contributed by atoms with Crippen molar-refractivity contribution in [3.63, 3.8) is 0 Å². The van der Waals surface area contributed by atoms with Crippen molar-refractivity contribution in [2.24, 2.45) is 0 Å². The first kappa shape index (κ1) is 10.7. The van der Waals surface area contributed by atoms with Gasteiger partial charge in [0.1, 0.15) is 0 Å². The number of benzene rings is 1. The number of aromatic nitrogens is 2. The van der Waals surface area contributed by atoms with Gasteiger partial charge in [0, 0.05) is 5.39 Å². The van der Waals surface area contributed by atoms with Gasteiger partial charge in [-0.2, -0.15) is 0 Å². The first-order valence-corrected chi connectivity index (χ1v) is 5.53. The summed E-state index contributed by atoms with van der Waals surface area (Å²) in [5.74, 6) is -0.415. The third kappa shape index (κ3) is 1.59. The molecule has 0 saturated carbocycles. The molecular formula is C14H10N2O2. The van der Waals surface area contributed by atoms with Crippen molar-refractivity contribution in [2.75, 3.05) is 7.11 Å². The SMILES string of the molecule is COC(=O)c1nc2cccc3ccccc3c-2n1. The van der Waals surface area contributed by atoms with Crippen LogP contribution in [0.3, 0.4) is 0 Å². The van der Waals surface area contributed by atoms with E-state index in [2.05, 4.69) is 14.7 Å². The monoisotopic (exact) mass is 238 g/mol. The van der Waals surface area contributed by atoms with E-state index in [9.17, 15) is 4.79 Å². The van der Waals surface area contributed by atoms with Crippen LogP contribution >= 0.6 is 0 Å². The fraction of sp³-hybridized carbons (Fsp3) is 0.0714. The van der Waals surface area contributed by atoms with E-state index in [0.29, 0.717) is 5.69 Å². The summed E-state index contributed by atoms with van der Waals surface area (Å²) in [6, 6.07) is 13.6. The normalized spacial score (nSPS) is 10.7. The van der Waals surface area contributed by atoms with E-state index in [-0.39, 0.29) is 5.82 Å². The Morgan fingerprint density at radius 3 is 2.67 bits per heavy atom. The average Bonchev–Trinajstić information content (AvgIpc) is 2.75. The lowest BCUT2D eigenvalue weighted by molar-refractivity contribution is 0.0588. The minimum Gasteiger partial charge on any atom is -0.463 e. The minimum absolute atomic E-state index is 0.101. The Balaban J connectivity index is 2.35. The average molecular weight is 238 g/mol. The molecule has 4 nitrogen and oxygen atoms in total. The van der Waals surface area contributed by atoms with Crippen LogP contribution in [0.2, 0.25) is 0 Å². The second-order valence-electron chi connectivity index (χ2n) is 3.89. The molecule has 2 aliphatic rings. The molecule has 1 aliphatic carbocycles. The van der Waals surface area contributed by atoms with Crippen molar-refractivity contribution in [1.82, 2.24) is 9.97 Å². The highest BCUT2D eigenvalue weighted by atomic mass is 16.5. The first-order valence-electron chi connectivity index (χ1n) is 5.53. The van der Waals surface area contributed by atoms with Crippen LogP contribution in [0, 0.1) is 0 Å². The van der Waals surface area contributed by atoms with Gasteiger partial charge in [0.2, 0.25) is 5.82 Å². The maximum absolute atomic E-state index is 11.5. The molecule has 1 aromatic carbocycles. The number of rotatable bonds is 1. The van der Waals surface area contributed by atoms with Crippen molar-refractivity contribution in [3.8, 4) is 11.4 Å². The van der Waals surface area contributed by atoms with Crippen LogP contribution in [0.1, 0.15) is 10.6 Å². The van der Waals surface area contributed by atoms with Crippen LogP contribution in [0.5, 0.6) is 0 Å². The Kier molecular flexibility index (Phi) is 2.41. The minimum atomic E-state index is -0.516. The van der Waals surface area contributed by atoms with Gasteiger partial charge >= 0.3 is 5.97 Å². The maximum Gasteiger partial charge on any atom is 0.376 e. The second-order valence-corrected chi connectivity index (χ2v) is 3.89. The number of nitrogens with zero attached hydrogens (tertiary/aromatic N) is 2. The number of ether oxygens (including phenoxy) is 1. The molecule has 1 aromatic rings. The van der Waals surface area contributed by atoms with Gasteiger partial charge in [-0.1, -0.05) is 36.4 Å². The third-order valence-electron chi connectivity index (χ3n) is 2.80.